The van der Waals surface area contributed by atoms with E-state index in [0.717, 1.165) is 5.56 Å². The topological polar surface area (TPSA) is 57.6 Å². The first-order valence-electron chi connectivity index (χ1n) is 8.48. The van der Waals surface area contributed by atoms with Crippen molar-refractivity contribution in [2.24, 2.45) is 5.92 Å². The molecule has 4 nitrogen and oxygen atoms in total. The van der Waals surface area contributed by atoms with E-state index in [1.54, 1.807) is 19.9 Å². The lowest BCUT2D eigenvalue weighted by atomic mass is 9.91. The van der Waals surface area contributed by atoms with Crippen LogP contribution in [0.15, 0.2) is 65.9 Å². The van der Waals surface area contributed by atoms with Gasteiger partial charge in [-0.3, -0.25) is 9.59 Å². The molecule has 0 aromatic heterocycles. The maximum atomic E-state index is 13.8. The second-order valence-electron chi connectivity index (χ2n) is 6.66. The highest BCUT2D eigenvalue weighted by molar-refractivity contribution is 6.09. The fraction of sp³-hybridized carbons (Fsp3) is 0.238. The van der Waals surface area contributed by atoms with Gasteiger partial charge < -0.3 is 10.0 Å². The number of amides is 1. The number of nitrogens with zero attached hydrogens (tertiary/aromatic N) is 1. The van der Waals surface area contributed by atoms with E-state index in [9.17, 15) is 19.1 Å². The van der Waals surface area contributed by atoms with Crippen molar-refractivity contribution in [2.45, 2.75) is 26.4 Å². The van der Waals surface area contributed by atoms with Gasteiger partial charge in [0.1, 0.15) is 5.82 Å². The third-order valence-corrected chi connectivity index (χ3v) is 4.45. The number of hydrogen-bond acceptors (Lipinski definition) is 3. The number of hydrogen-bond donors (Lipinski definition) is 1. The van der Waals surface area contributed by atoms with E-state index < -0.39 is 29.4 Å². The molecule has 5 heteroatoms. The molecule has 1 aliphatic rings. The standard InChI is InChI=1S/C21H20FNO3/c1-13(2)19(24)17-18(15-9-6-10-16(22)11-15)23(21(26)20(17)25)12-14-7-4-3-5-8-14/h3-11,13,18,25H,12H2,1-2H3/t18-/m0/s1. The number of halogens is 1. The molecule has 0 spiro atoms. The van der Waals surface area contributed by atoms with Gasteiger partial charge in [0.2, 0.25) is 0 Å². The van der Waals surface area contributed by atoms with Gasteiger partial charge in [-0.05, 0) is 23.3 Å². The minimum atomic E-state index is -0.812. The van der Waals surface area contributed by atoms with Gasteiger partial charge in [0.05, 0.1) is 11.6 Å². The average molecular weight is 353 g/mol. The molecule has 1 atom stereocenters. The fourth-order valence-corrected chi connectivity index (χ4v) is 3.18. The Hall–Kier alpha value is -2.95. The van der Waals surface area contributed by atoms with Gasteiger partial charge >= 0.3 is 0 Å². The quantitative estimate of drug-likeness (QED) is 0.886. The second-order valence-corrected chi connectivity index (χ2v) is 6.66. The Morgan fingerprint density at radius 1 is 1.15 bits per heavy atom. The van der Waals surface area contributed by atoms with Gasteiger partial charge in [0.25, 0.3) is 5.91 Å². The maximum absolute atomic E-state index is 13.8. The molecule has 26 heavy (non-hydrogen) atoms. The predicted molar refractivity (Wildman–Crippen MR) is 95.6 cm³/mol. The summed E-state index contributed by atoms with van der Waals surface area (Å²) in [7, 11) is 0. The minimum absolute atomic E-state index is 0.0338. The summed E-state index contributed by atoms with van der Waals surface area (Å²) in [6.07, 6.45) is 0. The van der Waals surface area contributed by atoms with Crippen molar-refractivity contribution in [3.8, 4) is 0 Å². The molecule has 0 saturated heterocycles. The Kier molecular flexibility index (Phi) is 4.89. The molecule has 134 valence electrons. The lowest BCUT2D eigenvalue weighted by Crippen LogP contribution is -2.31. The Labute approximate surface area is 151 Å². The van der Waals surface area contributed by atoms with Crippen molar-refractivity contribution in [1.82, 2.24) is 4.90 Å². The summed E-state index contributed by atoms with van der Waals surface area (Å²) in [5.74, 6) is -2.34. The van der Waals surface area contributed by atoms with Crippen LogP contribution in [-0.2, 0) is 16.1 Å². The molecule has 0 fully saturated rings. The second kappa shape index (κ2) is 7.12. The molecule has 1 amide bonds. The molecule has 1 aliphatic heterocycles. The fourth-order valence-electron chi connectivity index (χ4n) is 3.18. The van der Waals surface area contributed by atoms with Crippen molar-refractivity contribution in [2.75, 3.05) is 0 Å². The molecule has 0 radical (unpaired) electrons. The molecule has 3 rings (SSSR count). The van der Waals surface area contributed by atoms with Crippen LogP contribution in [0.4, 0.5) is 4.39 Å². The van der Waals surface area contributed by atoms with Crippen LogP contribution < -0.4 is 0 Å². The summed E-state index contributed by atoms with van der Waals surface area (Å²) in [5.41, 5.74) is 1.35. The highest BCUT2D eigenvalue weighted by Crippen LogP contribution is 2.39. The Morgan fingerprint density at radius 2 is 1.85 bits per heavy atom. The summed E-state index contributed by atoms with van der Waals surface area (Å²) in [5, 5.41) is 10.4. The molecule has 1 heterocycles. The van der Waals surface area contributed by atoms with E-state index in [2.05, 4.69) is 0 Å². The van der Waals surface area contributed by atoms with Gasteiger partial charge in [-0.25, -0.2) is 4.39 Å². The molecule has 1 N–H and O–H groups in total. The largest absolute Gasteiger partial charge is 0.503 e. The van der Waals surface area contributed by atoms with Crippen LogP contribution in [-0.4, -0.2) is 21.7 Å². The summed E-state index contributed by atoms with van der Waals surface area (Å²) < 4.78 is 13.8. The van der Waals surface area contributed by atoms with Crippen molar-refractivity contribution in [1.29, 1.82) is 0 Å². The molecular weight excluding hydrogens is 333 g/mol. The third-order valence-electron chi connectivity index (χ3n) is 4.45. The zero-order chi connectivity index (χ0) is 18.8. The van der Waals surface area contributed by atoms with Gasteiger partial charge in [-0.2, -0.15) is 0 Å². The van der Waals surface area contributed by atoms with E-state index in [1.807, 2.05) is 30.3 Å². The first-order chi connectivity index (χ1) is 12.4. The summed E-state index contributed by atoms with van der Waals surface area (Å²) in [4.78, 5) is 26.8. The SMILES string of the molecule is CC(C)C(=O)C1=C(O)C(=O)N(Cc2ccccc2)[C@H]1c1cccc(F)c1. The van der Waals surface area contributed by atoms with E-state index in [-0.39, 0.29) is 17.9 Å². The summed E-state index contributed by atoms with van der Waals surface area (Å²) in [6, 6.07) is 14.2. The van der Waals surface area contributed by atoms with Gasteiger partial charge in [-0.1, -0.05) is 56.3 Å². The van der Waals surface area contributed by atoms with E-state index in [0.29, 0.717) is 5.56 Å². The van der Waals surface area contributed by atoms with E-state index >= 15 is 0 Å². The van der Waals surface area contributed by atoms with Crippen LogP contribution >= 0.6 is 0 Å². The van der Waals surface area contributed by atoms with Crippen LogP contribution in [0, 0.1) is 11.7 Å². The Bertz CT molecular complexity index is 874. The zero-order valence-corrected chi connectivity index (χ0v) is 14.6. The molecule has 2 aromatic carbocycles. The lowest BCUT2D eigenvalue weighted by molar-refractivity contribution is -0.130. The number of carbonyl (C=O) groups is 2. The van der Waals surface area contributed by atoms with Crippen LogP contribution in [0.25, 0.3) is 0 Å². The third kappa shape index (κ3) is 3.25. The number of benzene rings is 2. The molecular formula is C21H20FNO3. The number of carbonyl (C=O) groups excluding carboxylic acids is 2. The predicted octanol–water partition coefficient (Wildman–Crippen LogP) is 3.95. The molecule has 0 unspecified atom stereocenters. The Morgan fingerprint density at radius 3 is 2.46 bits per heavy atom. The van der Waals surface area contributed by atoms with Crippen molar-refractivity contribution >= 4 is 11.7 Å². The first-order valence-corrected chi connectivity index (χ1v) is 8.48. The van der Waals surface area contributed by atoms with Gasteiger partial charge in [0.15, 0.2) is 11.5 Å². The molecule has 2 aromatic rings. The summed E-state index contributed by atoms with van der Waals surface area (Å²) in [6.45, 7) is 3.62. The number of ketones is 1. The lowest BCUT2D eigenvalue weighted by Gasteiger charge is -2.27. The highest BCUT2D eigenvalue weighted by atomic mass is 19.1. The maximum Gasteiger partial charge on any atom is 0.290 e. The van der Waals surface area contributed by atoms with Crippen molar-refractivity contribution in [3.05, 3.63) is 82.9 Å². The van der Waals surface area contributed by atoms with Gasteiger partial charge in [-0.15, -0.1) is 0 Å². The average Bonchev–Trinajstić information content (AvgIpc) is 2.87. The van der Waals surface area contributed by atoms with Crippen LogP contribution in [0.1, 0.15) is 31.0 Å². The van der Waals surface area contributed by atoms with Crippen molar-refractivity contribution < 1.29 is 19.1 Å². The van der Waals surface area contributed by atoms with Crippen LogP contribution in [0.2, 0.25) is 0 Å². The van der Waals surface area contributed by atoms with Gasteiger partial charge in [0, 0.05) is 12.5 Å². The molecule has 0 bridgehead atoms. The zero-order valence-electron chi connectivity index (χ0n) is 14.6. The number of rotatable bonds is 5. The smallest absolute Gasteiger partial charge is 0.290 e. The van der Waals surface area contributed by atoms with E-state index in [1.165, 1.54) is 23.1 Å². The number of aliphatic hydroxyl groups is 1. The van der Waals surface area contributed by atoms with Crippen molar-refractivity contribution in [3.63, 3.8) is 0 Å². The Balaban J connectivity index is 2.09. The molecule has 0 aliphatic carbocycles. The highest BCUT2D eigenvalue weighted by Gasteiger charge is 2.43. The molecule has 0 saturated carbocycles. The minimum Gasteiger partial charge on any atom is -0.503 e. The summed E-state index contributed by atoms with van der Waals surface area (Å²) >= 11 is 0. The monoisotopic (exact) mass is 353 g/mol. The van der Waals surface area contributed by atoms with Crippen LogP contribution in [0.3, 0.4) is 0 Å². The van der Waals surface area contributed by atoms with E-state index in [4.69, 9.17) is 0 Å². The number of Topliss-reactive ketones (excluding diaryl/α,β-unsaturated/α-hetero) is 1. The normalized spacial score (nSPS) is 17.3. The van der Waals surface area contributed by atoms with Crippen LogP contribution in [0.5, 0.6) is 0 Å². The first kappa shape index (κ1) is 17.9. The number of aliphatic hydroxyl groups excluding tert-OH is 1.